The number of aromatic nitrogens is 3. The number of carbonyl (C=O) groups is 1. The van der Waals surface area contributed by atoms with E-state index < -0.39 is 0 Å². The number of H-pyrrole nitrogens is 1. The Labute approximate surface area is 149 Å². The molecule has 3 rings (SSSR count). The van der Waals surface area contributed by atoms with Crippen LogP contribution in [0.5, 0.6) is 17.2 Å². The molecule has 0 radical (unpaired) electrons. The lowest BCUT2D eigenvalue weighted by atomic mass is 10.2. The molecule has 0 bridgehead atoms. The first-order chi connectivity index (χ1) is 12.6. The van der Waals surface area contributed by atoms with Crippen LogP contribution in [0.4, 0.5) is 10.5 Å². The molecule has 0 atom stereocenters. The molecule has 1 heterocycles. The van der Waals surface area contributed by atoms with Crippen molar-refractivity contribution in [1.29, 1.82) is 0 Å². The summed E-state index contributed by atoms with van der Waals surface area (Å²) in [7, 11) is 4.62. The maximum absolute atomic E-state index is 12.1. The molecule has 26 heavy (non-hydrogen) atoms. The monoisotopic (exact) mass is 357 g/mol. The first-order valence-corrected chi connectivity index (χ1v) is 7.79. The van der Waals surface area contributed by atoms with Gasteiger partial charge in [0.05, 0.1) is 21.3 Å². The van der Waals surface area contributed by atoms with Crippen LogP contribution in [0.15, 0.2) is 30.3 Å². The van der Waals surface area contributed by atoms with E-state index in [1.54, 1.807) is 44.6 Å². The molecule has 2 aromatic carbocycles. The molecule has 0 aliphatic carbocycles. The van der Waals surface area contributed by atoms with Gasteiger partial charge in [-0.1, -0.05) is 0 Å². The summed E-state index contributed by atoms with van der Waals surface area (Å²) in [6, 6.07) is 8.48. The number of nitrogens with zero attached hydrogens (tertiary/aromatic N) is 2. The Morgan fingerprint density at radius 2 is 1.69 bits per heavy atom. The second kappa shape index (κ2) is 7.60. The van der Waals surface area contributed by atoms with Crippen LogP contribution >= 0.6 is 0 Å². The van der Waals surface area contributed by atoms with Crippen LogP contribution in [0.2, 0.25) is 0 Å². The molecule has 3 N–H and O–H groups in total. The van der Waals surface area contributed by atoms with Crippen LogP contribution in [-0.2, 0) is 6.54 Å². The van der Waals surface area contributed by atoms with E-state index in [1.807, 2.05) is 0 Å². The minimum absolute atomic E-state index is 0.286. The number of benzene rings is 2. The first kappa shape index (κ1) is 17.3. The second-order valence-corrected chi connectivity index (χ2v) is 5.37. The van der Waals surface area contributed by atoms with E-state index in [0.717, 1.165) is 11.1 Å². The van der Waals surface area contributed by atoms with E-state index in [2.05, 4.69) is 26.0 Å². The Kier molecular flexibility index (Phi) is 5.07. The lowest BCUT2D eigenvalue weighted by Gasteiger charge is -2.14. The number of anilines is 1. The Bertz CT molecular complexity index is 899. The number of ether oxygens (including phenoxy) is 3. The van der Waals surface area contributed by atoms with Crippen LogP contribution in [0.1, 0.15) is 5.56 Å². The van der Waals surface area contributed by atoms with Crippen molar-refractivity contribution in [2.24, 2.45) is 0 Å². The SMILES string of the molecule is COc1cc(CNC(=O)Nc2ccc3n[nH]nc3c2)cc(OC)c1OC. The number of nitrogens with one attached hydrogen (secondary N) is 3. The summed E-state index contributed by atoms with van der Waals surface area (Å²) in [5.74, 6) is 1.56. The largest absolute Gasteiger partial charge is 0.493 e. The first-order valence-electron chi connectivity index (χ1n) is 7.79. The lowest BCUT2D eigenvalue weighted by molar-refractivity contribution is 0.251. The summed E-state index contributed by atoms with van der Waals surface area (Å²) in [4.78, 5) is 12.1. The molecule has 136 valence electrons. The third-order valence-electron chi connectivity index (χ3n) is 3.75. The Hall–Kier alpha value is -3.49. The molecule has 0 unspecified atom stereocenters. The van der Waals surface area contributed by atoms with Gasteiger partial charge in [-0.05, 0) is 35.9 Å². The topological polar surface area (TPSA) is 110 Å². The van der Waals surface area contributed by atoms with Crippen molar-refractivity contribution in [2.45, 2.75) is 6.54 Å². The number of rotatable bonds is 6. The van der Waals surface area contributed by atoms with Crippen LogP contribution < -0.4 is 24.8 Å². The molecule has 0 aliphatic rings. The summed E-state index contributed by atoms with van der Waals surface area (Å²) >= 11 is 0. The highest BCUT2D eigenvalue weighted by atomic mass is 16.5. The fourth-order valence-corrected chi connectivity index (χ4v) is 2.51. The van der Waals surface area contributed by atoms with Crippen LogP contribution in [-0.4, -0.2) is 42.8 Å². The molecule has 9 heteroatoms. The van der Waals surface area contributed by atoms with E-state index >= 15 is 0 Å². The van der Waals surface area contributed by atoms with Crippen molar-refractivity contribution < 1.29 is 19.0 Å². The summed E-state index contributed by atoms with van der Waals surface area (Å²) in [6.45, 7) is 0.286. The molecule has 9 nitrogen and oxygen atoms in total. The predicted molar refractivity (Wildman–Crippen MR) is 95.8 cm³/mol. The minimum Gasteiger partial charge on any atom is -0.493 e. The predicted octanol–water partition coefficient (Wildman–Crippen LogP) is 2.31. The highest BCUT2D eigenvalue weighted by Gasteiger charge is 2.13. The molecular formula is C17H19N5O4. The zero-order valence-corrected chi connectivity index (χ0v) is 14.6. The average Bonchev–Trinajstić information content (AvgIpc) is 3.13. The molecule has 0 aliphatic heterocycles. The molecule has 0 fully saturated rings. The number of urea groups is 1. The number of carbonyl (C=O) groups excluding carboxylic acids is 1. The highest BCUT2D eigenvalue weighted by molar-refractivity contribution is 5.91. The van der Waals surface area contributed by atoms with Crippen molar-refractivity contribution in [3.8, 4) is 17.2 Å². The third-order valence-corrected chi connectivity index (χ3v) is 3.75. The maximum Gasteiger partial charge on any atom is 0.319 e. The Morgan fingerprint density at radius 1 is 1.00 bits per heavy atom. The molecular weight excluding hydrogens is 338 g/mol. The fourth-order valence-electron chi connectivity index (χ4n) is 2.51. The Morgan fingerprint density at radius 3 is 2.35 bits per heavy atom. The third kappa shape index (κ3) is 3.61. The standard InChI is InChI=1S/C17H19N5O4/c1-24-14-6-10(7-15(25-2)16(14)26-3)9-18-17(23)19-11-4-5-12-13(8-11)21-22-20-12/h4-8H,9H2,1-3H3,(H2,18,19,23)(H,20,21,22). The average molecular weight is 357 g/mol. The number of fused-ring (bicyclic) bond motifs is 1. The summed E-state index contributed by atoms with van der Waals surface area (Å²) in [5, 5.41) is 16.0. The smallest absolute Gasteiger partial charge is 0.319 e. The van der Waals surface area contributed by atoms with Gasteiger partial charge < -0.3 is 24.8 Å². The molecule has 0 saturated heterocycles. The number of hydrogen-bond donors (Lipinski definition) is 3. The van der Waals surface area contributed by atoms with Gasteiger partial charge in [-0.25, -0.2) is 4.79 Å². The van der Waals surface area contributed by atoms with Crippen molar-refractivity contribution in [3.05, 3.63) is 35.9 Å². The normalized spacial score (nSPS) is 10.4. The zero-order chi connectivity index (χ0) is 18.5. The fraction of sp³-hybridized carbons (Fsp3) is 0.235. The quantitative estimate of drug-likeness (QED) is 0.624. The van der Waals surface area contributed by atoms with Crippen LogP contribution in [0.25, 0.3) is 11.0 Å². The molecule has 0 spiro atoms. The minimum atomic E-state index is -0.346. The van der Waals surface area contributed by atoms with Crippen LogP contribution in [0, 0.1) is 0 Å². The number of amides is 2. The van der Waals surface area contributed by atoms with Gasteiger partial charge in [-0.15, -0.1) is 0 Å². The van der Waals surface area contributed by atoms with Crippen LogP contribution in [0.3, 0.4) is 0 Å². The molecule has 1 aromatic heterocycles. The van der Waals surface area contributed by atoms with Crippen molar-refractivity contribution >= 4 is 22.8 Å². The molecule has 2 amide bonds. The summed E-state index contributed by atoms with van der Waals surface area (Å²) in [6.07, 6.45) is 0. The van der Waals surface area contributed by atoms with Gasteiger partial charge in [0.15, 0.2) is 11.5 Å². The van der Waals surface area contributed by atoms with Crippen molar-refractivity contribution in [2.75, 3.05) is 26.6 Å². The van der Waals surface area contributed by atoms with E-state index in [-0.39, 0.29) is 12.6 Å². The number of hydrogen-bond acceptors (Lipinski definition) is 6. The van der Waals surface area contributed by atoms with E-state index in [0.29, 0.717) is 28.5 Å². The van der Waals surface area contributed by atoms with Gasteiger partial charge in [0, 0.05) is 12.2 Å². The van der Waals surface area contributed by atoms with E-state index in [4.69, 9.17) is 14.2 Å². The maximum atomic E-state index is 12.1. The lowest BCUT2D eigenvalue weighted by Crippen LogP contribution is -2.28. The zero-order valence-electron chi connectivity index (χ0n) is 14.6. The van der Waals surface area contributed by atoms with Gasteiger partial charge in [0.1, 0.15) is 11.0 Å². The van der Waals surface area contributed by atoms with Crippen molar-refractivity contribution in [3.63, 3.8) is 0 Å². The Balaban J connectivity index is 1.67. The van der Waals surface area contributed by atoms with Gasteiger partial charge in [0.25, 0.3) is 0 Å². The van der Waals surface area contributed by atoms with E-state index in [1.165, 1.54) is 7.11 Å². The van der Waals surface area contributed by atoms with Gasteiger partial charge >= 0.3 is 6.03 Å². The molecule has 0 saturated carbocycles. The van der Waals surface area contributed by atoms with Gasteiger partial charge in [-0.3, -0.25) is 0 Å². The summed E-state index contributed by atoms with van der Waals surface area (Å²) < 4.78 is 15.9. The van der Waals surface area contributed by atoms with Gasteiger partial charge in [0.2, 0.25) is 5.75 Å². The molecule has 3 aromatic rings. The van der Waals surface area contributed by atoms with Crippen molar-refractivity contribution in [1.82, 2.24) is 20.7 Å². The highest BCUT2D eigenvalue weighted by Crippen LogP contribution is 2.38. The second-order valence-electron chi connectivity index (χ2n) is 5.37. The number of methoxy groups -OCH3 is 3. The van der Waals surface area contributed by atoms with Gasteiger partial charge in [-0.2, -0.15) is 15.4 Å². The summed E-state index contributed by atoms with van der Waals surface area (Å²) in [5.41, 5.74) is 2.83. The number of aromatic amines is 1. The van der Waals surface area contributed by atoms with E-state index in [9.17, 15) is 4.79 Å².